The molecule has 2 aromatic heterocycles. The van der Waals surface area contributed by atoms with Crippen molar-refractivity contribution in [3.8, 4) is 17.1 Å². The van der Waals surface area contributed by atoms with Gasteiger partial charge in [-0.05, 0) is 69.0 Å². The lowest BCUT2D eigenvalue weighted by atomic mass is 9.86. The maximum absolute atomic E-state index is 15.2. The Balaban J connectivity index is 1.75. The summed E-state index contributed by atoms with van der Waals surface area (Å²) in [4.78, 5) is 15.9. The molecule has 8 heteroatoms. The van der Waals surface area contributed by atoms with Crippen molar-refractivity contribution in [2.24, 2.45) is 0 Å². The molecule has 3 aromatic rings. The first-order chi connectivity index (χ1) is 16.0. The number of aliphatic hydroxyl groups is 1. The predicted octanol–water partition coefficient (Wildman–Crippen LogP) is 3.55. The molecule has 0 amide bonds. The van der Waals surface area contributed by atoms with E-state index in [4.69, 9.17) is 9.72 Å². The smallest absolute Gasteiger partial charge is 0.217 e. The van der Waals surface area contributed by atoms with Gasteiger partial charge in [-0.1, -0.05) is 0 Å². The van der Waals surface area contributed by atoms with Crippen molar-refractivity contribution < 1.29 is 14.2 Å². The number of benzene rings is 1. The Bertz CT molecular complexity index is 1160. The van der Waals surface area contributed by atoms with Crippen molar-refractivity contribution in [1.29, 1.82) is 0 Å². The van der Waals surface area contributed by atoms with Crippen LogP contribution in [0.2, 0.25) is 0 Å². The second-order valence-electron chi connectivity index (χ2n) is 9.01. The van der Waals surface area contributed by atoms with E-state index in [-0.39, 0.29) is 18.3 Å². The van der Waals surface area contributed by atoms with Gasteiger partial charge in [0, 0.05) is 42.0 Å². The zero-order valence-electron chi connectivity index (χ0n) is 19.1. The van der Waals surface area contributed by atoms with E-state index in [1.807, 2.05) is 36.2 Å². The second-order valence-corrected chi connectivity index (χ2v) is 9.01. The molecule has 2 fully saturated rings. The fraction of sp³-hybridized carbons (Fsp3) is 0.480. The average Bonchev–Trinajstić information content (AvgIpc) is 3.61. The van der Waals surface area contributed by atoms with Gasteiger partial charge in [0.2, 0.25) is 5.88 Å². The molecular formula is C25H30FN5O2. The van der Waals surface area contributed by atoms with E-state index in [0.717, 1.165) is 48.1 Å². The van der Waals surface area contributed by atoms with Crippen LogP contribution in [0.1, 0.15) is 43.0 Å². The number of pyridine rings is 1. The number of fused-ring (bicyclic) bond motifs is 1. The Morgan fingerprint density at radius 1 is 1.21 bits per heavy atom. The van der Waals surface area contributed by atoms with Crippen LogP contribution in [0, 0.1) is 0 Å². The number of anilines is 1. The number of nitrogens with one attached hydrogen (secondary N) is 1. The van der Waals surface area contributed by atoms with Gasteiger partial charge in [-0.3, -0.25) is 0 Å². The molecule has 0 radical (unpaired) electrons. The van der Waals surface area contributed by atoms with Crippen molar-refractivity contribution in [1.82, 2.24) is 20.3 Å². The molecule has 1 saturated heterocycles. The Morgan fingerprint density at radius 3 is 2.70 bits per heavy atom. The summed E-state index contributed by atoms with van der Waals surface area (Å²) in [6.07, 6.45) is 4.59. The van der Waals surface area contributed by atoms with E-state index < -0.39 is 5.67 Å². The third kappa shape index (κ3) is 4.13. The number of methoxy groups -OCH3 is 1. The molecule has 0 unspecified atom stereocenters. The van der Waals surface area contributed by atoms with E-state index in [2.05, 4.69) is 15.3 Å². The highest BCUT2D eigenvalue weighted by Gasteiger charge is 2.48. The van der Waals surface area contributed by atoms with E-state index in [9.17, 15) is 5.11 Å². The fourth-order valence-electron chi connectivity index (χ4n) is 4.70. The normalized spacial score (nSPS) is 17.8. The zero-order valence-corrected chi connectivity index (χ0v) is 19.1. The predicted molar refractivity (Wildman–Crippen MR) is 127 cm³/mol. The molecule has 0 bridgehead atoms. The molecule has 2 N–H and O–H groups in total. The lowest BCUT2D eigenvalue weighted by Gasteiger charge is -2.26. The summed E-state index contributed by atoms with van der Waals surface area (Å²) in [6.45, 7) is 2.43. The first-order valence-corrected chi connectivity index (χ1v) is 11.6. The number of piperidine rings is 1. The number of halogens is 1. The molecule has 0 atom stereocenters. The molecule has 3 heterocycles. The largest absolute Gasteiger partial charge is 0.481 e. The van der Waals surface area contributed by atoms with Gasteiger partial charge < -0.3 is 20.1 Å². The SMILES string of the molecule is COc1nccc(-c2nc(C3(F)CC3)nc3ccc(N(C)CCO)cc23)c1C1CCNCC1. The van der Waals surface area contributed by atoms with E-state index >= 15 is 4.39 Å². The minimum atomic E-state index is -1.44. The number of nitrogens with zero attached hydrogens (tertiary/aromatic N) is 4. The molecule has 174 valence electrons. The van der Waals surface area contributed by atoms with Crippen LogP contribution in [0.4, 0.5) is 10.1 Å². The Morgan fingerprint density at radius 2 is 2.00 bits per heavy atom. The molecule has 1 aliphatic carbocycles. The summed E-state index contributed by atoms with van der Waals surface area (Å²) < 4.78 is 20.8. The molecule has 2 aliphatic rings. The van der Waals surface area contributed by atoms with Gasteiger partial charge in [0.1, 0.15) is 0 Å². The Labute approximate surface area is 193 Å². The van der Waals surface area contributed by atoms with Gasteiger partial charge in [-0.15, -0.1) is 0 Å². The molecule has 7 nitrogen and oxygen atoms in total. The molecule has 1 saturated carbocycles. The third-order valence-corrected chi connectivity index (χ3v) is 6.79. The van der Waals surface area contributed by atoms with Crippen LogP contribution in [0.25, 0.3) is 22.2 Å². The fourth-order valence-corrected chi connectivity index (χ4v) is 4.70. The molecule has 0 spiro atoms. The summed E-state index contributed by atoms with van der Waals surface area (Å²) in [5.41, 5.74) is 2.89. The number of hydrogen-bond acceptors (Lipinski definition) is 7. The number of rotatable bonds is 7. The van der Waals surface area contributed by atoms with Gasteiger partial charge in [0.25, 0.3) is 0 Å². The summed E-state index contributed by atoms with van der Waals surface area (Å²) >= 11 is 0. The van der Waals surface area contributed by atoms with Crippen LogP contribution in [-0.4, -0.2) is 60.5 Å². The minimum absolute atomic E-state index is 0.0582. The minimum Gasteiger partial charge on any atom is -0.481 e. The van der Waals surface area contributed by atoms with Gasteiger partial charge in [-0.25, -0.2) is 19.3 Å². The van der Waals surface area contributed by atoms with Crippen LogP contribution in [0.15, 0.2) is 30.5 Å². The highest BCUT2D eigenvalue weighted by Crippen LogP contribution is 2.49. The number of aliphatic hydroxyl groups excluding tert-OH is 1. The standard InChI is InChI=1S/C25H30FN5O2/c1-31(13-14-32)17-3-4-20-19(15-17)22(30-24(29-20)25(26)8-9-25)18-7-12-28-23(33-2)21(18)16-5-10-27-11-6-16/h3-4,7,12,15-16,27,32H,5-6,8-11,13-14H2,1-2H3. The van der Waals surface area contributed by atoms with Crippen LogP contribution in [0.5, 0.6) is 5.88 Å². The van der Waals surface area contributed by atoms with Crippen LogP contribution < -0.4 is 15.0 Å². The lowest BCUT2D eigenvalue weighted by Crippen LogP contribution is -2.27. The van der Waals surface area contributed by atoms with Gasteiger partial charge in [-0.2, -0.15) is 0 Å². The van der Waals surface area contributed by atoms with E-state index in [1.165, 1.54) is 0 Å². The number of ether oxygens (including phenoxy) is 1. The molecule has 1 aromatic carbocycles. The van der Waals surface area contributed by atoms with Crippen molar-refractivity contribution >= 4 is 16.6 Å². The van der Waals surface area contributed by atoms with Crippen molar-refractivity contribution in [3.63, 3.8) is 0 Å². The van der Waals surface area contributed by atoms with Crippen molar-refractivity contribution in [2.75, 3.05) is 45.3 Å². The first-order valence-electron chi connectivity index (χ1n) is 11.6. The summed E-state index contributed by atoms with van der Waals surface area (Å²) in [7, 11) is 3.58. The monoisotopic (exact) mass is 451 g/mol. The lowest BCUT2D eigenvalue weighted by molar-refractivity contribution is 0.301. The second kappa shape index (κ2) is 8.83. The maximum Gasteiger partial charge on any atom is 0.217 e. The average molecular weight is 452 g/mol. The molecule has 5 rings (SSSR count). The number of aromatic nitrogens is 3. The molecule has 1 aliphatic heterocycles. The van der Waals surface area contributed by atoms with Crippen molar-refractivity contribution in [3.05, 3.63) is 41.9 Å². The van der Waals surface area contributed by atoms with Crippen LogP contribution in [0.3, 0.4) is 0 Å². The Hall–Kier alpha value is -2.84. The topological polar surface area (TPSA) is 83.4 Å². The third-order valence-electron chi connectivity index (χ3n) is 6.79. The summed E-state index contributed by atoms with van der Waals surface area (Å²) in [5.74, 6) is 1.13. The quantitative estimate of drug-likeness (QED) is 0.568. The van der Waals surface area contributed by atoms with Gasteiger partial charge in [0.15, 0.2) is 11.5 Å². The van der Waals surface area contributed by atoms with E-state index in [1.54, 1.807) is 13.3 Å². The zero-order chi connectivity index (χ0) is 23.0. The maximum atomic E-state index is 15.2. The van der Waals surface area contributed by atoms with Crippen LogP contribution >= 0.6 is 0 Å². The van der Waals surface area contributed by atoms with Crippen LogP contribution in [-0.2, 0) is 5.67 Å². The number of alkyl halides is 1. The molecule has 33 heavy (non-hydrogen) atoms. The first kappa shape index (κ1) is 22.0. The highest BCUT2D eigenvalue weighted by atomic mass is 19.1. The summed E-state index contributed by atoms with van der Waals surface area (Å²) in [5, 5.41) is 13.7. The summed E-state index contributed by atoms with van der Waals surface area (Å²) in [6, 6.07) is 7.87. The van der Waals surface area contributed by atoms with E-state index in [0.29, 0.717) is 36.5 Å². The highest BCUT2D eigenvalue weighted by molar-refractivity contribution is 5.95. The number of likely N-dealkylation sites (N-methyl/N-ethyl adjacent to an activating group) is 1. The van der Waals surface area contributed by atoms with Crippen molar-refractivity contribution in [2.45, 2.75) is 37.3 Å². The Kier molecular flexibility index (Phi) is 5.88. The van der Waals surface area contributed by atoms with Gasteiger partial charge in [0.05, 0.1) is 24.9 Å². The molecular weight excluding hydrogens is 421 g/mol. The van der Waals surface area contributed by atoms with Gasteiger partial charge >= 0.3 is 0 Å². The number of hydrogen-bond donors (Lipinski definition) is 2.